The lowest BCUT2D eigenvalue weighted by Crippen LogP contribution is -1.89. The standard InChI is InChI=1S/C12H11N3O2/c1-16-10-3-7-8-5-13-6-14-12(8)15-9(7)4-11(10)17-2/h3-6H,1-2H3,(H,13,14,15). The number of nitrogens with one attached hydrogen (secondary N) is 1. The van der Waals surface area contributed by atoms with Crippen LogP contribution in [0.25, 0.3) is 21.9 Å². The van der Waals surface area contributed by atoms with Gasteiger partial charge in [0.25, 0.3) is 0 Å². The van der Waals surface area contributed by atoms with Crippen molar-refractivity contribution in [1.82, 2.24) is 15.0 Å². The number of rotatable bonds is 2. The summed E-state index contributed by atoms with van der Waals surface area (Å²) in [7, 11) is 3.24. The summed E-state index contributed by atoms with van der Waals surface area (Å²) in [6.45, 7) is 0. The van der Waals surface area contributed by atoms with Crippen molar-refractivity contribution in [3.63, 3.8) is 0 Å². The lowest BCUT2D eigenvalue weighted by molar-refractivity contribution is 0.356. The van der Waals surface area contributed by atoms with Gasteiger partial charge in [-0.25, -0.2) is 9.97 Å². The van der Waals surface area contributed by atoms with E-state index in [-0.39, 0.29) is 0 Å². The maximum Gasteiger partial charge on any atom is 0.162 e. The highest BCUT2D eigenvalue weighted by Gasteiger charge is 2.10. The summed E-state index contributed by atoms with van der Waals surface area (Å²) in [4.78, 5) is 11.4. The molecule has 0 saturated heterocycles. The highest BCUT2D eigenvalue weighted by Crippen LogP contribution is 2.34. The van der Waals surface area contributed by atoms with E-state index in [4.69, 9.17) is 9.47 Å². The average molecular weight is 229 g/mol. The second-order valence-corrected chi connectivity index (χ2v) is 3.66. The molecule has 0 spiro atoms. The van der Waals surface area contributed by atoms with Crippen molar-refractivity contribution in [2.75, 3.05) is 14.2 Å². The van der Waals surface area contributed by atoms with Crippen molar-refractivity contribution in [2.45, 2.75) is 0 Å². The summed E-state index contributed by atoms with van der Waals surface area (Å²) in [5, 5.41) is 2.00. The molecule has 0 unspecified atom stereocenters. The van der Waals surface area contributed by atoms with E-state index in [0.29, 0.717) is 11.5 Å². The number of hydrogen-bond donors (Lipinski definition) is 1. The first-order valence-corrected chi connectivity index (χ1v) is 5.17. The Balaban J connectivity index is 2.41. The fourth-order valence-electron chi connectivity index (χ4n) is 1.96. The normalized spacial score (nSPS) is 10.9. The SMILES string of the molecule is COc1cc2[nH]c3ncncc3c2cc1OC. The van der Waals surface area contributed by atoms with Gasteiger partial charge in [0.2, 0.25) is 0 Å². The van der Waals surface area contributed by atoms with Gasteiger partial charge in [-0.3, -0.25) is 0 Å². The molecule has 0 fully saturated rings. The summed E-state index contributed by atoms with van der Waals surface area (Å²) in [5.74, 6) is 1.39. The smallest absolute Gasteiger partial charge is 0.162 e. The maximum absolute atomic E-state index is 5.28. The van der Waals surface area contributed by atoms with Gasteiger partial charge in [-0.15, -0.1) is 0 Å². The van der Waals surface area contributed by atoms with Crippen molar-refractivity contribution in [2.24, 2.45) is 0 Å². The molecular weight excluding hydrogens is 218 g/mol. The zero-order valence-electron chi connectivity index (χ0n) is 9.52. The molecule has 0 bridgehead atoms. The Hall–Kier alpha value is -2.30. The summed E-state index contributed by atoms with van der Waals surface area (Å²) in [5.41, 5.74) is 1.77. The molecule has 3 aromatic rings. The first kappa shape index (κ1) is 9.89. The predicted molar refractivity (Wildman–Crippen MR) is 64.5 cm³/mol. The molecule has 2 heterocycles. The van der Waals surface area contributed by atoms with Gasteiger partial charge in [0.15, 0.2) is 11.5 Å². The Morgan fingerprint density at radius 1 is 1.06 bits per heavy atom. The van der Waals surface area contributed by atoms with Crippen LogP contribution in [0.4, 0.5) is 0 Å². The van der Waals surface area contributed by atoms with Gasteiger partial charge < -0.3 is 14.5 Å². The molecule has 0 amide bonds. The van der Waals surface area contributed by atoms with E-state index in [0.717, 1.165) is 21.9 Å². The van der Waals surface area contributed by atoms with Crippen molar-refractivity contribution >= 4 is 21.9 Å². The fraction of sp³-hybridized carbons (Fsp3) is 0.167. The Morgan fingerprint density at radius 2 is 1.82 bits per heavy atom. The molecule has 1 N–H and O–H groups in total. The van der Waals surface area contributed by atoms with Gasteiger partial charge >= 0.3 is 0 Å². The van der Waals surface area contributed by atoms with Crippen LogP contribution in [0.5, 0.6) is 11.5 Å². The number of fused-ring (bicyclic) bond motifs is 3. The summed E-state index contributed by atoms with van der Waals surface area (Å²) >= 11 is 0. The van der Waals surface area contributed by atoms with Crippen LogP contribution in [0.15, 0.2) is 24.7 Å². The van der Waals surface area contributed by atoms with E-state index in [1.54, 1.807) is 20.4 Å². The number of nitrogens with zero attached hydrogens (tertiary/aromatic N) is 2. The topological polar surface area (TPSA) is 60.0 Å². The Morgan fingerprint density at radius 3 is 2.59 bits per heavy atom. The number of methoxy groups -OCH3 is 2. The van der Waals surface area contributed by atoms with Gasteiger partial charge in [0.05, 0.1) is 19.7 Å². The lowest BCUT2D eigenvalue weighted by Gasteiger charge is -2.06. The fourth-order valence-corrected chi connectivity index (χ4v) is 1.96. The molecule has 0 aliphatic heterocycles. The molecule has 0 aliphatic carbocycles. The summed E-state index contributed by atoms with van der Waals surface area (Å²) in [6, 6.07) is 3.83. The third-order valence-corrected chi connectivity index (χ3v) is 2.78. The second-order valence-electron chi connectivity index (χ2n) is 3.66. The second kappa shape index (κ2) is 3.62. The average Bonchev–Trinajstić information content (AvgIpc) is 2.74. The van der Waals surface area contributed by atoms with E-state index < -0.39 is 0 Å². The molecule has 86 valence electrons. The van der Waals surface area contributed by atoms with E-state index in [1.165, 1.54) is 6.33 Å². The molecule has 17 heavy (non-hydrogen) atoms. The predicted octanol–water partition coefficient (Wildman–Crippen LogP) is 2.13. The van der Waals surface area contributed by atoms with Crippen LogP contribution < -0.4 is 9.47 Å². The van der Waals surface area contributed by atoms with Crippen LogP contribution in [0, 0.1) is 0 Å². The number of benzene rings is 1. The van der Waals surface area contributed by atoms with E-state index in [2.05, 4.69) is 15.0 Å². The zero-order valence-corrected chi connectivity index (χ0v) is 9.52. The first-order valence-electron chi connectivity index (χ1n) is 5.17. The molecular formula is C12H11N3O2. The molecule has 0 atom stereocenters. The highest BCUT2D eigenvalue weighted by molar-refractivity contribution is 6.06. The molecule has 0 radical (unpaired) electrons. The molecule has 5 nitrogen and oxygen atoms in total. The number of hydrogen-bond acceptors (Lipinski definition) is 4. The first-order chi connectivity index (χ1) is 8.33. The van der Waals surface area contributed by atoms with Crippen molar-refractivity contribution in [1.29, 1.82) is 0 Å². The highest BCUT2D eigenvalue weighted by atomic mass is 16.5. The van der Waals surface area contributed by atoms with E-state index >= 15 is 0 Å². The number of H-pyrrole nitrogens is 1. The summed E-state index contributed by atoms with van der Waals surface area (Å²) < 4.78 is 10.5. The molecule has 5 heteroatoms. The number of aromatic nitrogens is 3. The Kier molecular flexibility index (Phi) is 2.11. The largest absolute Gasteiger partial charge is 0.493 e. The molecule has 0 saturated carbocycles. The van der Waals surface area contributed by atoms with Crippen LogP contribution in [0.1, 0.15) is 0 Å². The minimum Gasteiger partial charge on any atom is -0.493 e. The lowest BCUT2D eigenvalue weighted by atomic mass is 10.2. The third-order valence-electron chi connectivity index (χ3n) is 2.78. The minimum absolute atomic E-state index is 0.694. The van der Waals surface area contributed by atoms with Crippen LogP contribution in [0.3, 0.4) is 0 Å². The van der Waals surface area contributed by atoms with Crippen LogP contribution in [0.2, 0.25) is 0 Å². The van der Waals surface area contributed by atoms with Crippen molar-refractivity contribution in [3.05, 3.63) is 24.7 Å². The van der Waals surface area contributed by atoms with E-state index in [1.807, 2.05) is 12.1 Å². The summed E-state index contributed by atoms with van der Waals surface area (Å²) in [6.07, 6.45) is 3.30. The van der Waals surface area contributed by atoms with Crippen LogP contribution in [-0.2, 0) is 0 Å². The minimum atomic E-state index is 0.694. The van der Waals surface area contributed by atoms with Gasteiger partial charge in [0.1, 0.15) is 12.0 Å². The van der Waals surface area contributed by atoms with E-state index in [9.17, 15) is 0 Å². The zero-order chi connectivity index (χ0) is 11.8. The number of aromatic amines is 1. The van der Waals surface area contributed by atoms with Gasteiger partial charge in [-0.2, -0.15) is 0 Å². The van der Waals surface area contributed by atoms with Gasteiger partial charge in [-0.1, -0.05) is 0 Å². The monoisotopic (exact) mass is 229 g/mol. The molecule has 1 aromatic carbocycles. The molecule has 2 aromatic heterocycles. The molecule has 0 aliphatic rings. The van der Waals surface area contributed by atoms with Gasteiger partial charge in [-0.05, 0) is 6.07 Å². The molecule has 3 rings (SSSR count). The Labute approximate surface area is 97.4 Å². The number of ether oxygens (including phenoxy) is 2. The van der Waals surface area contributed by atoms with Crippen LogP contribution >= 0.6 is 0 Å². The maximum atomic E-state index is 5.28. The van der Waals surface area contributed by atoms with Crippen molar-refractivity contribution in [3.8, 4) is 11.5 Å². The third kappa shape index (κ3) is 1.39. The van der Waals surface area contributed by atoms with Gasteiger partial charge in [0, 0.05) is 23.0 Å². The van der Waals surface area contributed by atoms with Crippen molar-refractivity contribution < 1.29 is 9.47 Å². The Bertz CT molecular complexity index is 691. The van der Waals surface area contributed by atoms with Crippen LogP contribution in [-0.4, -0.2) is 29.2 Å². The quantitative estimate of drug-likeness (QED) is 0.731.